The Morgan fingerprint density at radius 3 is 2.64 bits per heavy atom. The number of benzene rings is 2. The number of para-hydroxylation sites is 1. The van der Waals surface area contributed by atoms with E-state index in [9.17, 15) is 9.18 Å². The van der Waals surface area contributed by atoms with Crippen molar-refractivity contribution in [1.82, 2.24) is 9.88 Å². The fourth-order valence-electron chi connectivity index (χ4n) is 3.44. The molecule has 0 saturated heterocycles. The zero-order valence-electron chi connectivity index (χ0n) is 14.2. The van der Waals surface area contributed by atoms with Crippen molar-refractivity contribution in [3.05, 3.63) is 71.7 Å². The molecule has 1 aliphatic carbocycles. The van der Waals surface area contributed by atoms with E-state index in [-0.39, 0.29) is 17.6 Å². The van der Waals surface area contributed by atoms with Gasteiger partial charge in [0.2, 0.25) is 0 Å². The molecule has 1 fully saturated rings. The van der Waals surface area contributed by atoms with Crippen LogP contribution in [0.2, 0.25) is 0 Å². The second kappa shape index (κ2) is 6.45. The van der Waals surface area contributed by atoms with Crippen molar-refractivity contribution in [2.45, 2.75) is 38.4 Å². The molecule has 1 atom stereocenters. The van der Waals surface area contributed by atoms with Crippen molar-refractivity contribution in [1.29, 1.82) is 0 Å². The lowest BCUT2D eigenvalue weighted by atomic mass is 10.0. The first-order chi connectivity index (χ1) is 12.1. The summed E-state index contributed by atoms with van der Waals surface area (Å²) in [6.45, 7) is 2.64. The second-order valence-electron chi connectivity index (χ2n) is 6.82. The Kier molecular flexibility index (Phi) is 4.14. The highest BCUT2D eigenvalue weighted by Crippen LogP contribution is 2.32. The molecule has 0 radical (unpaired) electrons. The molecule has 128 valence electrons. The van der Waals surface area contributed by atoms with Crippen molar-refractivity contribution < 1.29 is 9.18 Å². The van der Waals surface area contributed by atoms with Gasteiger partial charge in [0.25, 0.3) is 0 Å². The summed E-state index contributed by atoms with van der Waals surface area (Å²) in [5.41, 5.74) is 2.76. The molecule has 1 aliphatic rings. The molecule has 3 nitrogen and oxygen atoms in total. The lowest BCUT2D eigenvalue weighted by Crippen LogP contribution is -2.40. The lowest BCUT2D eigenvalue weighted by molar-refractivity contribution is 0.0816. The molecular formula is C21H21FN2O. The summed E-state index contributed by atoms with van der Waals surface area (Å²) in [5, 5.41) is 0.969. The molecular weight excluding hydrogens is 315 g/mol. The minimum Gasteiger partial charge on any atom is -0.360 e. The molecule has 4 heteroatoms. The van der Waals surface area contributed by atoms with Crippen LogP contribution in [0.25, 0.3) is 10.9 Å². The van der Waals surface area contributed by atoms with E-state index in [0.717, 1.165) is 34.9 Å². The van der Waals surface area contributed by atoms with Gasteiger partial charge in [-0.25, -0.2) is 4.39 Å². The van der Waals surface area contributed by atoms with Crippen LogP contribution in [0.4, 0.5) is 4.39 Å². The first-order valence-corrected chi connectivity index (χ1v) is 8.74. The third-order valence-corrected chi connectivity index (χ3v) is 5.03. The maximum atomic E-state index is 13.1. The molecule has 1 N–H and O–H groups in total. The van der Waals surface area contributed by atoms with E-state index < -0.39 is 0 Å². The molecule has 0 bridgehead atoms. The zero-order chi connectivity index (χ0) is 17.4. The van der Waals surface area contributed by atoms with Gasteiger partial charge in [-0.3, -0.25) is 9.69 Å². The molecule has 0 amide bonds. The highest BCUT2D eigenvalue weighted by molar-refractivity contribution is 6.10. The van der Waals surface area contributed by atoms with Crippen molar-refractivity contribution in [2.24, 2.45) is 0 Å². The van der Waals surface area contributed by atoms with Gasteiger partial charge >= 0.3 is 0 Å². The van der Waals surface area contributed by atoms with Gasteiger partial charge in [0, 0.05) is 35.2 Å². The predicted octanol–water partition coefficient (Wildman–Crippen LogP) is 4.54. The normalized spacial score (nSPS) is 15.6. The van der Waals surface area contributed by atoms with Crippen LogP contribution in [0, 0.1) is 5.82 Å². The molecule has 4 rings (SSSR count). The van der Waals surface area contributed by atoms with Crippen LogP contribution in [0.3, 0.4) is 0 Å². The number of rotatable bonds is 6. The monoisotopic (exact) mass is 336 g/mol. The van der Waals surface area contributed by atoms with E-state index >= 15 is 0 Å². The SMILES string of the molecule is CC(C(=O)c1c[nH]c2ccccc12)N(Cc1ccc(F)cc1)C1CC1. The predicted molar refractivity (Wildman–Crippen MR) is 97.1 cm³/mol. The third-order valence-electron chi connectivity index (χ3n) is 5.03. The average Bonchev–Trinajstić information content (AvgIpc) is 3.38. The van der Waals surface area contributed by atoms with E-state index in [4.69, 9.17) is 0 Å². The van der Waals surface area contributed by atoms with E-state index in [1.54, 1.807) is 12.1 Å². The molecule has 0 aliphatic heterocycles. The van der Waals surface area contributed by atoms with Crippen LogP contribution in [-0.4, -0.2) is 27.8 Å². The van der Waals surface area contributed by atoms with Crippen molar-refractivity contribution >= 4 is 16.7 Å². The number of hydrogen-bond acceptors (Lipinski definition) is 2. The summed E-state index contributed by atoms with van der Waals surface area (Å²) < 4.78 is 13.1. The summed E-state index contributed by atoms with van der Waals surface area (Å²) in [4.78, 5) is 18.5. The summed E-state index contributed by atoms with van der Waals surface area (Å²) in [6.07, 6.45) is 4.05. The third kappa shape index (κ3) is 3.22. The highest BCUT2D eigenvalue weighted by Gasteiger charge is 2.35. The number of ketones is 1. The average molecular weight is 336 g/mol. The number of nitrogens with one attached hydrogen (secondary N) is 1. The van der Waals surface area contributed by atoms with Crippen LogP contribution in [0.5, 0.6) is 0 Å². The molecule has 1 unspecified atom stereocenters. The maximum absolute atomic E-state index is 13.1. The van der Waals surface area contributed by atoms with Crippen LogP contribution in [0.1, 0.15) is 35.7 Å². The number of halogens is 1. The smallest absolute Gasteiger partial charge is 0.181 e. The van der Waals surface area contributed by atoms with Gasteiger partial charge < -0.3 is 4.98 Å². The Bertz CT molecular complexity index is 896. The minimum atomic E-state index is -0.232. The number of aromatic amines is 1. The largest absolute Gasteiger partial charge is 0.360 e. The second-order valence-corrected chi connectivity index (χ2v) is 6.82. The van der Waals surface area contributed by atoms with Gasteiger partial charge in [0.15, 0.2) is 5.78 Å². The first-order valence-electron chi connectivity index (χ1n) is 8.74. The van der Waals surface area contributed by atoms with E-state index in [1.807, 2.05) is 37.4 Å². The van der Waals surface area contributed by atoms with Crippen LogP contribution in [-0.2, 0) is 6.54 Å². The Hall–Kier alpha value is -2.46. The minimum absolute atomic E-state index is 0.131. The Labute approximate surface area is 146 Å². The number of hydrogen-bond donors (Lipinski definition) is 1. The number of H-pyrrole nitrogens is 1. The Balaban J connectivity index is 1.59. The number of Topliss-reactive ketones (excluding diaryl/α,β-unsaturated/α-hetero) is 1. The van der Waals surface area contributed by atoms with Crippen LogP contribution in [0.15, 0.2) is 54.7 Å². The number of carbonyl (C=O) groups excluding carboxylic acids is 1. The number of aromatic nitrogens is 1. The number of nitrogens with zero attached hydrogens (tertiary/aromatic N) is 1. The zero-order valence-corrected chi connectivity index (χ0v) is 14.2. The van der Waals surface area contributed by atoms with Gasteiger partial charge in [0.1, 0.15) is 5.82 Å². The molecule has 3 aromatic rings. The fraction of sp³-hybridized carbons (Fsp3) is 0.286. The molecule has 1 saturated carbocycles. The molecule has 1 aromatic heterocycles. The van der Waals surface area contributed by atoms with Gasteiger partial charge in [-0.15, -0.1) is 0 Å². The summed E-state index contributed by atoms with van der Waals surface area (Å²) >= 11 is 0. The first kappa shape index (κ1) is 16.0. The standard InChI is InChI=1S/C21H21FN2O/c1-14(21(25)19-12-23-20-5-3-2-4-18(19)20)24(17-10-11-17)13-15-6-8-16(22)9-7-15/h2-9,12,14,17,23H,10-11,13H2,1H3. The highest BCUT2D eigenvalue weighted by atomic mass is 19.1. The van der Waals surface area contributed by atoms with E-state index in [0.29, 0.717) is 12.6 Å². The van der Waals surface area contributed by atoms with E-state index in [2.05, 4.69) is 9.88 Å². The fourth-order valence-corrected chi connectivity index (χ4v) is 3.44. The van der Waals surface area contributed by atoms with Crippen LogP contribution < -0.4 is 0 Å². The van der Waals surface area contributed by atoms with Gasteiger partial charge in [0.05, 0.1) is 6.04 Å². The topological polar surface area (TPSA) is 36.1 Å². The maximum Gasteiger partial charge on any atom is 0.181 e. The van der Waals surface area contributed by atoms with Crippen molar-refractivity contribution in [3.63, 3.8) is 0 Å². The Morgan fingerprint density at radius 2 is 1.92 bits per heavy atom. The molecule has 1 heterocycles. The molecule has 2 aromatic carbocycles. The summed E-state index contributed by atoms with van der Waals surface area (Å²) in [6, 6.07) is 14.7. The molecule has 0 spiro atoms. The van der Waals surface area contributed by atoms with Crippen molar-refractivity contribution in [2.75, 3.05) is 0 Å². The Morgan fingerprint density at radius 1 is 1.20 bits per heavy atom. The summed E-state index contributed by atoms with van der Waals surface area (Å²) in [5.74, 6) is -0.101. The van der Waals surface area contributed by atoms with Crippen molar-refractivity contribution in [3.8, 4) is 0 Å². The molecule has 25 heavy (non-hydrogen) atoms. The quantitative estimate of drug-likeness (QED) is 0.671. The van der Waals surface area contributed by atoms with Gasteiger partial charge in [-0.2, -0.15) is 0 Å². The van der Waals surface area contributed by atoms with E-state index in [1.165, 1.54) is 12.1 Å². The number of fused-ring (bicyclic) bond motifs is 1. The lowest BCUT2D eigenvalue weighted by Gasteiger charge is -2.28. The van der Waals surface area contributed by atoms with Crippen LogP contribution >= 0.6 is 0 Å². The summed E-state index contributed by atoms with van der Waals surface area (Å²) in [7, 11) is 0. The van der Waals surface area contributed by atoms with Gasteiger partial charge in [-0.05, 0) is 43.5 Å². The van der Waals surface area contributed by atoms with Gasteiger partial charge in [-0.1, -0.05) is 30.3 Å². The number of carbonyl (C=O) groups is 1.